The third-order valence-electron chi connectivity index (χ3n) is 4.44. The molecule has 3 rings (SSSR count). The summed E-state index contributed by atoms with van der Waals surface area (Å²) in [5, 5.41) is 18.1. The summed E-state index contributed by atoms with van der Waals surface area (Å²) in [4.78, 5) is 25.5. The van der Waals surface area contributed by atoms with Crippen molar-refractivity contribution in [3.8, 4) is 0 Å². The van der Waals surface area contributed by atoms with E-state index in [2.05, 4.69) is 41.9 Å². The van der Waals surface area contributed by atoms with Crippen molar-refractivity contribution in [2.24, 2.45) is 7.05 Å². The number of aromatic nitrogens is 6. The van der Waals surface area contributed by atoms with E-state index in [-0.39, 0.29) is 17.5 Å². The molecule has 0 fully saturated rings. The Labute approximate surface area is 170 Å². The number of hydrogen-bond donors (Lipinski definition) is 2. The van der Waals surface area contributed by atoms with Gasteiger partial charge in [-0.25, -0.2) is 0 Å². The van der Waals surface area contributed by atoms with Crippen LogP contribution in [0.1, 0.15) is 36.1 Å². The van der Waals surface area contributed by atoms with E-state index in [1.807, 2.05) is 13.8 Å². The van der Waals surface area contributed by atoms with Crippen LogP contribution in [0.5, 0.6) is 0 Å². The highest BCUT2D eigenvalue weighted by molar-refractivity contribution is 9.10. The SMILES string of the molecule is CCn1ncc(NC(=O)C(C)n2cc(Br)cn2)c1C(=O)Nc1cnn(C)c1C. The van der Waals surface area contributed by atoms with E-state index in [9.17, 15) is 9.59 Å². The molecule has 0 bridgehead atoms. The first-order valence-corrected chi connectivity index (χ1v) is 9.47. The Morgan fingerprint density at radius 1 is 1.14 bits per heavy atom. The van der Waals surface area contributed by atoms with E-state index in [4.69, 9.17) is 0 Å². The molecule has 10 nitrogen and oxygen atoms in total. The lowest BCUT2D eigenvalue weighted by atomic mass is 10.2. The van der Waals surface area contributed by atoms with Crippen LogP contribution in [-0.2, 0) is 18.4 Å². The van der Waals surface area contributed by atoms with Crippen LogP contribution in [0.2, 0.25) is 0 Å². The van der Waals surface area contributed by atoms with E-state index in [1.54, 1.807) is 37.2 Å². The molecule has 0 aliphatic heterocycles. The van der Waals surface area contributed by atoms with Crippen LogP contribution in [0, 0.1) is 6.92 Å². The van der Waals surface area contributed by atoms with Gasteiger partial charge in [0.25, 0.3) is 5.91 Å². The zero-order valence-electron chi connectivity index (χ0n) is 16.0. The predicted molar refractivity (Wildman–Crippen MR) is 107 cm³/mol. The molecule has 0 spiro atoms. The van der Waals surface area contributed by atoms with Crippen molar-refractivity contribution >= 4 is 39.1 Å². The number of amides is 2. The standard InChI is InChI=1S/C17H21BrN8O2/c1-5-25-15(17(28)22-13-7-19-24(4)10(13)2)14(8-21-25)23-16(27)11(3)26-9-12(18)6-20-26/h6-9,11H,5H2,1-4H3,(H,22,28)(H,23,27). The van der Waals surface area contributed by atoms with Crippen LogP contribution in [0.25, 0.3) is 0 Å². The molecule has 1 atom stereocenters. The van der Waals surface area contributed by atoms with E-state index >= 15 is 0 Å². The topological polar surface area (TPSA) is 112 Å². The minimum atomic E-state index is -0.562. The van der Waals surface area contributed by atoms with E-state index in [1.165, 1.54) is 15.6 Å². The number of hydrogen-bond acceptors (Lipinski definition) is 5. The highest BCUT2D eigenvalue weighted by Gasteiger charge is 2.23. The van der Waals surface area contributed by atoms with Gasteiger partial charge in [-0.2, -0.15) is 15.3 Å². The van der Waals surface area contributed by atoms with Crippen LogP contribution in [0.15, 0.2) is 29.3 Å². The lowest BCUT2D eigenvalue weighted by molar-refractivity contribution is -0.119. The molecule has 1 unspecified atom stereocenters. The Kier molecular flexibility index (Phi) is 5.63. The second-order valence-electron chi connectivity index (χ2n) is 6.25. The van der Waals surface area contributed by atoms with Crippen LogP contribution >= 0.6 is 15.9 Å². The lowest BCUT2D eigenvalue weighted by Gasteiger charge is -2.13. The second-order valence-corrected chi connectivity index (χ2v) is 7.16. The number of nitrogens with zero attached hydrogens (tertiary/aromatic N) is 6. The maximum Gasteiger partial charge on any atom is 0.276 e. The molecule has 148 valence electrons. The summed E-state index contributed by atoms with van der Waals surface area (Å²) in [6, 6.07) is -0.562. The first-order valence-electron chi connectivity index (χ1n) is 8.68. The maximum atomic E-state index is 12.9. The molecular formula is C17H21BrN8O2. The fourth-order valence-electron chi connectivity index (χ4n) is 2.64. The molecule has 0 aliphatic carbocycles. The van der Waals surface area contributed by atoms with E-state index < -0.39 is 6.04 Å². The number of nitrogens with one attached hydrogen (secondary N) is 2. The number of halogens is 1. The molecule has 3 aromatic heterocycles. The summed E-state index contributed by atoms with van der Waals surface area (Å²) < 4.78 is 5.51. The molecule has 2 N–H and O–H groups in total. The highest BCUT2D eigenvalue weighted by atomic mass is 79.9. The van der Waals surface area contributed by atoms with Gasteiger partial charge in [-0.15, -0.1) is 0 Å². The van der Waals surface area contributed by atoms with Crippen molar-refractivity contribution in [2.45, 2.75) is 33.4 Å². The minimum absolute atomic E-state index is 0.271. The monoisotopic (exact) mass is 448 g/mol. The zero-order valence-corrected chi connectivity index (χ0v) is 17.6. The van der Waals surface area contributed by atoms with Crippen molar-refractivity contribution in [3.05, 3.63) is 40.6 Å². The Balaban J connectivity index is 1.82. The molecule has 28 heavy (non-hydrogen) atoms. The quantitative estimate of drug-likeness (QED) is 0.600. The summed E-state index contributed by atoms with van der Waals surface area (Å²) in [5.41, 5.74) is 2.03. The molecule has 0 aliphatic rings. The van der Waals surface area contributed by atoms with Gasteiger partial charge in [0.2, 0.25) is 5.91 Å². The molecule has 0 saturated heterocycles. The molecule has 0 aromatic carbocycles. The average molecular weight is 449 g/mol. The molecule has 3 aromatic rings. The molecule has 2 amide bonds. The van der Waals surface area contributed by atoms with Gasteiger partial charge in [0.15, 0.2) is 0 Å². The third-order valence-corrected chi connectivity index (χ3v) is 4.85. The fraction of sp³-hybridized carbons (Fsp3) is 0.353. The summed E-state index contributed by atoms with van der Waals surface area (Å²) in [6.45, 7) is 5.92. The van der Waals surface area contributed by atoms with E-state index in [0.717, 1.165) is 10.2 Å². The fourth-order valence-corrected chi connectivity index (χ4v) is 2.94. The zero-order chi connectivity index (χ0) is 20.4. The second kappa shape index (κ2) is 7.97. The first kappa shape index (κ1) is 19.8. The molecule has 3 heterocycles. The largest absolute Gasteiger partial charge is 0.321 e. The van der Waals surface area contributed by atoms with Crippen molar-refractivity contribution < 1.29 is 9.59 Å². The summed E-state index contributed by atoms with van der Waals surface area (Å²) in [7, 11) is 1.79. The Morgan fingerprint density at radius 3 is 2.43 bits per heavy atom. The summed E-state index contributed by atoms with van der Waals surface area (Å²) in [5.74, 6) is -0.682. The first-order chi connectivity index (χ1) is 13.3. The van der Waals surface area contributed by atoms with Gasteiger partial charge >= 0.3 is 0 Å². The van der Waals surface area contributed by atoms with Crippen LogP contribution in [0.4, 0.5) is 11.4 Å². The third kappa shape index (κ3) is 3.84. The smallest absolute Gasteiger partial charge is 0.276 e. The Hall–Kier alpha value is -2.95. The predicted octanol–water partition coefficient (Wildman–Crippen LogP) is 2.36. The van der Waals surface area contributed by atoms with Crippen LogP contribution < -0.4 is 10.6 Å². The van der Waals surface area contributed by atoms with Crippen LogP contribution in [-0.4, -0.2) is 41.2 Å². The summed E-state index contributed by atoms with van der Waals surface area (Å²) in [6.07, 6.45) is 6.36. The number of aryl methyl sites for hydroxylation is 2. The van der Waals surface area contributed by atoms with E-state index in [0.29, 0.717) is 17.9 Å². The average Bonchev–Trinajstić information content (AvgIpc) is 3.36. The lowest BCUT2D eigenvalue weighted by Crippen LogP contribution is -2.26. The van der Waals surface area contributed by atoms with Gasteiger partial charge in [-0.3, -0.25) is 23.6 Å². The van der Waals surface area contributed by atoms with Crippen molar-refractivity contribution in [3.63, 3.8) is 0 Å². The normalized spacial score (nSPS) is 12.0. The molecule has 0 saturated carbocycles. The van der Waals surface area contributed by atoms with Gasteiger partial charge in [0.05, 0.1) is 40.1 Å². The van der Waals surface area contributed by atoms with Crippen molar-refractivity contribution in [1.29, 1.82) is 0 Å². The minimum Gasteiger partial charge on any atom is -0.321 e. The van der Waals surface area contributed by atoms with Crippen molar-refractivity contribution in [1.82, 2.24) is 29.3 Å². The molecule has 0 radical (unpaired) electrons. The van der Waals surface area contributed by atoms with Gasteiger partial charge in [-0.05, 0) is 36.7 Å². The number of carbonyl (C=O) groups excluding carboxylic acids is 2. The van der Waals surface area contributed by atoms with Gasteiger partial charge in [0.1, 0.15) is 11.7 Å². The maximum absolute atomic E-state index is 12.9. The Morgan fingerprint density at radius 2 is 1.86 bits per heavy atom. The number of carbonyl (C=O) groups is 2. The Bertz CT molecular complexity index is 1020. The molecular weight excluding hydrogens is 428 g/mol. The van der Waals surface area contributed by atoms with Crippen molar-refractivity contribution in [2.75, 3.05) is 10.6 Å². The molecule has 11 heteroatoms. The van der Waals surface area contributed by atoms with Crippen LogP contribution in [0.3, 0.4) is 0 Å². The summed E-state index contributed by atoms with van der Waals surface area (Å²) >= 11 is 3.31. The van der Waals surface area contributed by atoms with Gasteiger partial charge < -0.3 is 10.6 Å². The highest BCUT2D eigenvalue weighted by Crippen LogP contribution is 2.21. The number of rotatable bonds is 6. The van der Waals surface area contributed by atoms with Gasteiger partial charge in [-0.1, -0.05) is 0 Å². The number of anilines is 2. The van der Waals surface area contributed by atoms with Gasteiger partial charge in [0, 0.05) is 19.8 Å².